The molecular formula is C14H17BrN2O. The van der Waals surface area contributed by atoms with Crippen LogP contribution in [-0.2, 0) is 0 Å². The maximum Gasteiger partial charge on any atom is 0.0992 e. The zero-order chi connectivity index (χ0) is 13.0. The number of hydrogen-bond donors (Lipinski definition) is 1. The van der Waals surface area contributed by atoms with Crippen molar-refractivity contribution in [3.05, 3.63) is 28.2 Å². The summed E-state index contributed by atoms with van der Waals surface area (Å²) >= 11 is 3.55. The molecule has 96 valence electrons. The van der Waals surface area contributed by atoms with Crippen molar-refractivity contribution in [2.45, 2.75) is 31.7 Å². The van der Waals surface area contributed by atoms with Crippen molar-refractivity contribution >= 4 is 21.6 Å². The molecule has 1 aliphatic rings. The molecule has 3 nitrogen and oxygen atoms in total. The SMILES string of the molecule is N#Cc1ccc(N(CCCO)C2CCC2)c(Br)c1. The predicted molar refractivity (Wildman–Crippen MR) is 75.5 cm³/mol. The first-order valence-corrected chi connectivity index (χ1v) is 7.12. The molecule has 4 heteroatoms. The molecule has 1 fully saturated rings. The zero-order valence-electron chi connectivity index (χ0n) is 10.3. The molecule has 0 amide bonds. The van der Waals surface area contributed by atoms with E-state index < -0.39 is 0 Å². The molecule has 1 aromatic rings. The first-order valence-electron chi connectivity index (χ1n) is 6.33. The molecule has 1 N–H and O–H groups in total. The lowest BCUT2D eigenvalue weighted by Gasteiger charge is -2.39. The third kappa shape index (κ3) is 2.85. The molecule has 0 aromatic heterocycles. The molecule has 1 aromatic carbocycles. The topological polar surface area (TPSA) is 47.3 Å². The Balaban J connectivity index is 2.21. The maximum atomic E-state index is 9.00. The van der Waals surface area contributed by atoms with Gasteiger partial charge in [0.2, 0.25) is 0 Å². The highest BCUT2D eigenvalue weighted by atomic mass is 79.9. The number of aliphatic hydroxyl groups is 1. The number of anilines is 1. The summed E-state index contributed by atoms with van der Waals surface area (Å²) in [4.78, 5) is 2.35. The van der Waals surface area contributed by atoms with Gasteiger partial charge in [-0.05, 0) is 59.8 Å². The van der Waals surface area contributed by atoms with Gasteiger partial charge in [-0.25, -0.2) is 0 Å². The summed E-state index contributed by atoms with van der Waals surface area (Å²) in [5, 5.41) is 17.9. The van der Waals surface area contributed by atoms with E-state index in [4.69, 9.17) is 10.4 Å². The third-order valence-electron chi connectivity index (χ3n) is 3.46. The van der Waals surface area contributed by atoms with Crippen molar-refractivity contribution in [1.29, 1.82) is 5.26 Å². The van der Waals surface area contributed by atoms with Crippen LogP contribution in [0.25, 0.3) is 0 Å². The second-order valence-corrected chi connectivity index (χ2v) is 5.49. The molecule has 1 aliphatic carbocycles. The predicted octanol–water partition coefficient (Wildman–Crippen LogP) is 3.06. The van der Waals surface area contributed by atoms with E-state index in [2.05, 4.69) is 26.9 Å². The molecule has 0 aliphatic heterocycles. The molecule has 0 bridgehead atoms. The Hall–Kier alpha value is -1.05. The average Bonchev–Trinajstić information content (AvgIpc) is 2.32. The van der Waals surface area contributed by atoms with Gasteiger partial charge in [0.25, 0.3) is 0 Å². The number of nitrogens with zero attached hydrogens (tertiary/aromatic N) is 2. The van der Waals surface area contributed by atoms with Crippen LogP contribution in [0, 0.1) is 11.3 Å². The van der Waals surface area contributed by atoms with Crippen LogP contribution in [0.5, 0.6) is 0 Å². The molecule has 0 atom stereocenters. The van der Waals surface area contributed by atoms with Crippen molar-refractivity contribution in [2.24, 2.45) is 0 Å². The van der Waals surface area contributed by atoms with Crippen LogP contribution in [0.15, 0.2) is 22.7 Å². The molecule has 18 heavy (non-hydrogen) atoms. The minimum absolute atomic E-state index is 0.219. The van der Waals surface area contributed by atoms with Crippen molar-refractivity contribution < 1.29 is 5.11 Å². The van der Waals surface area contributed by atoms with Crippen LogP contribution in [0.3, 0.4) is 0 Å². The standard InChI is InChI=1S/C14H17BrN2O/c15-13-9-11(10-16)5-6-14(13)17(7-2-8-18)12-3-1-4-12/h5-6,9,12,18H,1-4,7-8H2. The molecule has 2 rings (SSSR count). The van der Waals surface area contributed by atoms with Crippen LogP contribution in [0.1, 0.15) is 31.2 Å². The summed E-state index contributed by atoms with van der Waals surface area (Å²) in [6.45, 7) is 1.09. The number of benzene rings is 1. The van der Waals surface area contributed by atoms with Gasteiger partial charge in [-0.3, -0.25) is 0 Å². The number of halogens is 1. The Kier molecular flexibility index (Phi) is 4.62. The van der Waals surface area contributed by atoms with Gasteiger partial charge in [0.1, 0.15) is 0 Å². The molecule has 1 saturated carbocycles. The van der Waals surface area contributed by atoms with Gasteiger partial charge in [-0.2, -0.15) is 5.26 Å². The van der Waals surface area contributed by atoms with Crippen LogP contribution < -0.4 is 4.90 Å². The monoisotopic (exact) mass is 308 g/mol. The molecule has 0 radical (unpaired) electrons. The minimum Gasteiger partial charge on any atom is -0.396 e. The van der Waals surface area contributed by atoms with E-state index in [1.165, 1.54) is 19.3 Å². The van der Waals surface area contributed by atoms with Gasteiger partial charge >= 0.3 is 0 Å². The Morgan fingerprint density at radius 2 is 2.22 bits per heavy atom. The Bertz CT molecular complexity index is 452. The van der Waals surface area contributed by atoms with Crippen LogP contribution in [0.4, 0.5) is 5.69 Å². The Morgan fingerprint density at radius 3 is 2.72 bits per heavy atom. The summed E-state index contributed by atoms with van der Waals surface area (Å²) < 4.78 is 0.964. The summed E-state index contributed by atoms with van der Waals surface area (Å²) in [5.74, 6) is 0. The summed E-state index contributed by atoms with van der Waals surface area (Å²) in [6, 6.07) is 8.44. The molecule has 0 heterocycles. The highest BCUT2D eigenvalue weighted by Crippen LogP contribution is 2.34. The molecule has 0 spiro atoms. The minimum atomic E-state index is 0.219. The smallest absolute Gasteiger partial charge is 0.0992 e. The highest BCUT2D eigenvalue weighted by Gasteiger charge is 2.26. The maximum absolute atomic E-state index is 9.00. The van der Waals surface area contributed by atoms with Gasteiger partial charge in [0, 0.05) is 23.7 Å². The lowest BCUT2D eigenvalue weighted by molar-refractivity contribution is 0.283. The Morgan fingerprint density at radius 1 is 1.44 bits per heavy atom. The van der Waals surface area contributed by atoms with Gasteiger partial charge < -0.3 is 10.0 Å². The highest BCUT2D eigenvalue weighted by molar-refractivity contribution is 9.10. The Labute approximate surface area is 116 Å². The van der Waals surface area contributed by atoms with Crippen LogP contribution in [-0.4, -0.2) is 24.3 Å². The number of hydrogen-bond acceptors (Lipinski definition) is 3. The number of rotatable bonds is 5. The number of aliphatic hydroxyl groups excluding tert-OH is 1. The normalized spacial score (nSPS) is 14.9. The van der Waals surface area contributed by atoms with Gasteiger partial charge in [-0.1, -0.05) is 0 Å². The lowest BCUT2D eigenvalue weighted by atomic mass is 9.91. The second-order valence-electron chi connectivity index (χ2n) is 4.63. The van der Waals surface area contributed by atoms with Crippen LogP contribution in [0.2, 0.25) is 0 Å². The third-order valence-corrected chi connectivity index (χ3v) is 4.09. The number of nitriles is 1. The first kappa shape index (κ1) is 13.4. The molecule has 0 unspecified atom stereocenters. The summed E-state index contributed by atoms with van der Waals surface area (Å²) in [7, 11) is 0. The lowest BCUT2D eigenvalue weighted by Crippen LogP contribution is -2.41. The zero-order valence-corrected chi connectivity index (χ0v) is 11.9. The van der Waals surface area contributed by atoms with E-state index in [0.29, 0.717) is 11.6 Å². The van der Waals surface area contributed by atoms with E-state index >= 15 is 0 Å². The van der Waals surface area contributed by atoms with Crippen molar-refractivity contribution in [2.75, 3.05) is 18.1 Å². The van der Waals surface area contributed by atoms with E-state index in [9.17, 15) is 0 Å². The second kappa shape index (κ2) is 6.21. The largest absolute Gasteiger partial charge is 0.396 e. The molecule has 0 saturated heterocycles. The summed E-state index contributed by atoms with van der Waals surface area (Å²) in [5.41, 5.74) is 1.80. The van der Waals surface area contributed by atoms with E-state index in [-0.39, 0.29) is 6.61 Å². The van der Waals surface area contributed by atoms with Crippen LogP contribution >= 0.6 is 15.9 Å². The van der Waals surface area contributed by atoms with Crippen molar-refractivity contribution in [3.63, 3.8) is 0 Å². The van der Waals surface area contributed by atoms with Gasteiger partial charge in [0.05, 0.1) is 17.3 Å². The fourth-order valence-corrected chi connectivity index (χ4v) is 2.86. The fourth-order valence-electron chi connectivity index (χ4n) is 2.25. The van der Waals surface area contributed by atoms with Crippen molar-refractivity contribution in [1.82, 2.24) is 0 Å². The fraction of sp³-hybridized carbons (Fsp3) is 0.500. The summed E-state index contributed by atoms with van der Waals surface area (Å²) in [6.07, 6.45) is 4.51. The van der Waals surface area contributed by atoms with Gasteiger partial charge in [0.15, 0.2) is 0 Å². The van der Waals surface area contributed by atoms with E-state index in [1.807, 2.05) is 18.2 Å². The quantitative estimate of drug-likeness (QED) is 0.909. The van der Waals surface area contributed by atoms with Gasteiger partial charge in [-0.15, -0.1) is 0 Å². The van der Waals surface area contributed by atoms with E-state index in [1.54, 1.807) is 0 Å². The molecular weight excluding hydrogens is 292 g/mol. The van der Waals surface area contributed by atoms with Crippen molar-refractivity contribution in [3.8, 4) is 6.07 Å². The van der Waals surface area contributed by atoms with E-state index in [0.717, 1.165) is 23.1 Å². The average molecular weight is 309 g/mol. The first-order chi connectivity index (χ1) is 8.76.